The van der Waals surface area contributed by atoms with Crippen molar-refractivity contribution in [2.75, 3.05) is 24.1 Å². The number of nitrogens with two attached hydrogens (primary N) is 1. The van der Waals surface area contributed by atoms with Gasteiger partial charge in [-0.2, -0.15) is 0 Å². The van der Waals surface area contributed by atoms with Crippen LogP contribution in [0.5, 0.6) is 5.75 Å². The first-order valence-electron chi connectivity index (χ1n) is 12.7. The topological polar surface area (TPSA) is 80.5 Å². The summed E-state index contributed by atoms with van der Waals surface area (Å²) in [4.78, 5) is 20.0. The SMILES string of the molecule is C[C@@H](Oc1cc(-c2ccc3c(c2)NC(=O)C32CCN(C(C)(C)C)CC2)cnc1N)c1c(Cl)ccc(F)c1Cl. The number of anilines is 2. The van der Waals surface area contributed by atoms with Gasteiger partial charge in [0.2, 0.25) is 5.91 Å². The first-order valence-corrected chi connectivity index (χ1v) is 13.4. The third-order valence-electron chi connectivity index (χ3n) is 7.79. The van der Waals surface area contributed by atoms with E-state index in [0.29, 0.717) is 16.3 Å². The summed E-state index contributed by atoms with van der Waals surface area (Å²) >= 11 is 12.4. The Kier molecular flexibility index (Phi) is 6.83. The van der Waals surface area contributed by atoms with E-state index in [2.05, 4.69) is 36.0 Å². The van der Waals surface area contributed by atoms with Crippen molar-refractivity contribution in [2.45, 2.75) is 57.6 Å². The van der Waals surface area contributed by atoms with Gasteiger partial charge in [-0.25, -0.2) is 9.37 Å². The number of aromatic nitrogens is 1. The van der Waals surface area contributed by atoms with E-state index < -0.39 is 17.3 Å². The molecule has 3 N–H and O–H groups in total. The largest absolute Gasteiger partial charge is 0.482 e. The second kappa shape index (κ2) is 9.70. The Bertz CT molecular complexity index is 1410. The number of fused-ring (bicyclic) bond motifs is 2. The van der Waals surface area contributed by atoms with Crippen molar-refractivity contribution >= 4 is 40.6 Å². The van der Waals surface area contributed by atoms with Crippen LogP contribution in [0.3, 0.4) is 0 Å². The third kappa shape index (κ3) is 4.61. The van der Waals surface area contributed by atoms with E-state index in [0.717, 1.165) is 48.3 Å². The summed E-state index contributed by atoms with van der Waals surface area (Å²) in [6.07, 6.45) is 2.55. The minimum Gasteiger partial charge on any atom is -0.482 e. The molecular weight excluding hydrogens is 526 g/mol. The molecule has 2 aliphatic rings. The van der Waals surface area contributed by atoms with Gasteiger partial charge in [-0.05, 0) is 75.9 Å². The quantitative estimate of drug-likeness (QED) is 0.338. The number of carbonyl (C=O) groups excluding carboxylic acids is 1. The Balaban J connectivity index is 1.41. The maximum absolute atomic E-state index is 14.0. The van der Waals surface area contributed by atoms with Crippen LogP contribution in [-0.4, -0.2) is 34.4 Å². The number of nitrogens with zero attached hydrogens (tertiary/aromatic N) is 2. The zero-order valence-electron chi connectivity index (χ0n) is 21.9. The number of nitrogens with one attached hydrogen (secondary N) is 1. The molecule has 2 aliphatic heterocycles. The number of rotatable bonds is 4. The van der Waals surface area contributed by atoms with E-state index in [1.54, 1.807) is 19.2 Å². The molecule has 0 bridgehead atoms. The zero-order valence-corrected chi connectivity index (χ0v) is 23.4. The highest BCUT2D eigenvalue weighted by molar-refractivity contribution is 6.36. The van der Waals surface area contributed by atoms with Gasteiger partial charge in [0.15, 0.2) is 11.6 Å². The van der Waals surface area contributed by atoms with Crippen molar-refractivity contribution in [1.82, 2.24) is 9.88 Å². The Morgan fingerprint density at radius 2 is 1.84 bits per heavy atom. The van der Waals surface area contributed by atoms with E-state index >= 15 is 0 Å². The molecule has 0 unspecified atom stereocenters. The van der Waals surface area contributed by atoms with E-state index in [9.17, 15) is 9.18 Å². The molecule has 1 spiro atoms. The maximum atomic E-state index is 14.0. The number of nitrogen functional groups attached to an aromatic ring is 1. The van der Waals surface area contributed by atoms with Crippen LogP contribution in [0.25, 0.3) is 11.1 Å². The summed E-state index contributed by atoms with van der Waals surface area (Å²) in [5.41, 5.74) is 9.51. The van der Waals surface area contributed by atoms with Crippen LogP contribution < -0.4 is 15.8 Å². The van der Waals surface area contributed by atoms with Crippen LogP contribution in [0, 0.1) is 5.82 Å². The van der Waals surface area contributed by atoms with Crippen molar-refractivity contribution < 1.29 is 13.9 Å². The number of hydrogen-bond donors (Lipinski definition) is 2. The van der Waals surface area contributed by atoms with E-state index in [1.807, 2.05) is 18.2 Å². The van der Waals surface area contributed by atoms with Gasteiger partial charge in [-0.15, -0.1) is 0 Å². The summed E-state index contributed by atoms with van der Waals surface area (Å²) < 4.78 is 20.1. The van der Waals surface area contributed by atoms with Crippen molar-refractivity contribution in [2.24, 2.45) is 0 Å². The molecule has 0 radical (unpaired) electrons. The second-order valence-corrected chi connectivity index (χ2v) is 11.9. The minimum absolute atomic E-state index is 0.0651. The number of carbonyl (C=O) groups is 1. The van der Waals surface area contributed by atoms with Gasteiger partial charge >= 0.3 is 0 Å². The molecule has 3 heterocycles. The van der Waals surface area contributed by atoms with E-state index in [4.69, 9.17) is 33.7 Å². The van der Waals surface area contributed by atoms with Crippen LogP contribution >= 0.6 is 23.2 Å². The van der Waals surface area contributed by atoms with Gasteiger partial charge < -0.3 is 15.8 Å². The zero-order chi connectivity index (χ0) is 27.4. The number of amides is 1. The first-order chi connectivity index (χ1) is 17.9. The van der Waals surface area contributed by atoms with Crippen molar-refractivity contribution in [1.29, 1.82) is 0 Å². The summed E-state index contributed by atoms with van der Waals surface area (Å²) in [6.45, 7) is 10.1. The molecule has 1 fully saturated rings. The molecule has 0 saturated carbocycles. The fourth-order valence-electron chi connectivity index (χ4n) is 5.54. The third-order valence-corrected chi connectivity index (χ3v) is 8.50. The highest BCUT2D eigenvalue weighted by Crippen LogP contribution is 2.47. The van der Waals surface area contributed by atoms with E-state index in [-0.39, 0.29) is 22.3 Å². The van der Waals surface area contributed by atoms with Crippen molar-refractivity contribution in [3.63, 3.8) is 0 Å². The number of halogens is 3. The lowest BCUT2D eigenvalue weighted by Crippen LogP contribution is -2.52. The standard InChI is InChI=1S/C29H31Cl2FN4O2/c1-16(24-20(30)7-8-21(32)25(24)31)38-23-14-18(15-34-26(23)33)17-5-6-19-22(13-17)35-27(37)29(19)9-11-36(12-10-29)28(2,3)4/h5-8,13-16H,9-12H2,1-4H3,(H2,33,34)(H,35,37)/t16-/m1/s1. The molecule has 9 heteroatoms. The summed E-state index contributed by atoms with van der Waals surface area (Å²) in [7, 11) is 0. The van der Waals surface area contributed by atoms with Gasteiger partial charge in [0.05, 0.1) is 10.4 Å². The molecule has 200 valence electrons. The number of pyridine rings is 1. The molecule has 0 aliphatic carbocycles. The molecule has 2 aromatic carbocycles. The molecule has 1 amide bonds. The molecule has 1 atom stereocenters. The lowest BCUT2D eigenvalue weighted by atomic mass is 9.73. The van der Waals surface area contributed by atoms with Crippen molar-refractivity contribution in [3.8, 4) is 16.9 Å². The highest BCUT2D eigenvalue weighted by atomic mass is 35.5. The Morgan fingerprint density at radius 1 is 1.13 bits per heavy atom. The summed E-state index contributed by atoms with van der Waals surface area (Å²) in [6, 6.07) is 10.4. The van der Waals surface area contributed by atoms with Gasteiger partial charge in [0.1, 0.15) is 11.9 Å². The number of benzene rings is 2. The van der Waals surface area contributed by atoms with Gasteiger partial charge in [-0.1, -0.05) is 35.3 Å². The predicted molar refractivity (Wildman–Crippen MR) is 150 cm³/mol. The summed E-state index contributed by atoms with van der Waals surface area (Å²) in [5.74, 6) is -0.0102. The maximum Gasteiger partial charge on any atom is 0.235 e. The minimum atomic E-state index is -0.678. The lowest BCUT2D eigenvalue weighted by Gasteiger charge is -2.44. The Hall–Kier alpha value is -2.87. The lowest BCUT2D eigenvalue weighted by molar-refractivity contribution is -0.123. The molecule has 38 heavy (non-hydrogen) atoms. The van der Waals surface area contributed by atoms with Gasteiger partial charge in [0, 0.05) is 46.7 Å². The Morgan fingerprint density at radius 3 is 2.53 bits per heavy atom. The first kappa shape index (κ1) is 26.7. The second-order valence-electron chi connectivity index (χ2n) is 11.1. The monoisotopic (exact) mass is 556 g/mol. The molecule has 1 saturated heterocycles. The van der Waals surface area contributed by atoms with Crippen molar-refractivity contribution in [3.05, 3.63) is 69.6 Å². The number of piperidine rings is 1. The van der Waals surface area contributed by atoms with Crippen LogP contribution in [0.2, 0.25) is 10.0 Å². The van der Waals surface area contributed by atoms with Crippen LogP contribution in [0.15, 0.2) is 42.6 Å². The molecule has 6 nitrogen and oxygen atoms in total. The molecule has 3 aromatic rings. The average molecular weight is 557 g/mol. The number of likely N-dealkylation sites (tertiary alicyclic amines) is 1. The predicted octanol–water partition coefficient (Wildman–Crippen LogP) is 7.00. The average Bonchev–Trinajstić information content (AvgIpc) is 3.12. The Labute approximate surface area is 232 Å². The van der Waals surface area contributed by atoms with Crippen LogP contribution in [0.4, 0.5) is 15.9 Å². The molecule has 5 rings (SSSR count). The normalized spacial score (nSPS) is 17.8. The van der Waals surface area contributed by atoms with Gasteiger partial charge in [-0.3, -0.25) is 9.69 Å². The van der Waals surface area contributed by atoms with Crippen LogP contribution in [0.1, 0.15) is 57.8 Å². The molecule has 1 aromatic heterocycles. The fourth-order valence-corrected chi connectivity index (χ4v) is 6.21. The number of hydrogen-bond acceptors (Lipinski definition) is 5. The summed E-state index contributed by atoms with van der Waals surface area (Å²) in [5, 5.41) is 3.32. The van der Waals surface area contributed by atoms with Gasteiger partial charge in [0.25, 0.3) is 0 Å². The van der Waals surface area contributed by atoms with Crippen LogP contribution in [-0.2, 0) is 10.2 Å². The molecular formula is C29H31Cl2FN4O2. The van der Waals surface area contributed by atoms with E-state index in [1.165, 1.54) is 12.1 Å². The smallest absolute Gasteiger partial charge is 0.235 e. The fraction of sp³-hybridized carbons (Fsp3) is 0.379. The highest BCUT2D eigenvalue weighted by Gasteiger charge is 2.49. The number of ether oxygens (including phenoxy) is 1.